The molecule has 1 aromatic rings. The number of nitrogens with one attached hydrogen (secondary N) is 1. The summed E-state index contributed by atoms with van der Waals surface area (Å²) >= 11 is 3.40. The first-order valence-electron chi connectivity index (χ1n) is 5.35. The fourth-order valence-electron chi connectivity index (χ4n) is 1.82. The minimum absolute atomic E-state index is 0.0463. The number of hydrogen-bond donors (Lipinski definition) is 1. The molecule has 0 spiro atoms. The highest BCUT2D eigenvalue weighted by atomic mass is 79.9. The van der Waals surface area contributed by atoms with Crippen molar-refractivity contribution in [2.75, 3.05) is 11.9 Å². The second-order valence-corrected chi connectivity index (χ2v) is 4.92. The smallest absolute Gasteiger partial charge is 0.253 e. The van der Waals surface area contributed by atoms with Crippen LogP contribution in [0.2, 0.25) is 0 Å². The summed E-state index contributed by atoms with van der Waals surface area (Å²) in [5.41, 5.74) is 1.92. The molecule has 3 nitrogen and oxygen atoms in total. The molecule has 1 unspecified atom stereocenters. The fourth-order valence-corrected chi connectivity index (χ4v) is 2.42. The first-order chi connectivity index (χ1) is 7.65. The molecule has 1 heterocycles. The third-order valence-corrected chi connectivity index (χ3v) is 2.99. The number of halogens is 1. The van der Waals surface area contributed by atoms with Crippen molar-refractivity contribution >= 4 is 27.5 Å². The Balaban J connectivity index is 2.05. The normalized spacial score (nSPS) is 19.8. The zero-order valence-electron chi connectivity index (χ0n) is 9.13. The lowest BCUT2D eigenvalue weighted by Gasteiger charge is -2.11. The van der Waals surface area contributed by atoms with Gasteiger partial charge in [-0.05, 0) is 43.5 Å². The maximum atomic E-state index is 11.8. The Labute approximate surface area is 103 Å². The van der Waals surface area contributed by atoms with Crippen molar-refractivity contribution in [3.63, 3.8) is 0 Å². The summed E-state index contributed by atoms with van der Waals surface area (Å²) in [6.07, 6.45) is 1.51. The fraction of sp³-hybridized carbons (Fsp3) is 0.417. The third-order valence-electron chi connectivity index (χ3n) is 2.53. The molecule has 1 N–H and O–H groups in total. The van der Waals surface area contributed by atoms with E-state index >= 15 is 0 Å². The number of anilines is 1. The molecule has 0 aliphatic carbocycles. The second kappa shape index (κ2) is 4.97. The van der Waals surface area contributed by atoms with Gasteiger partial charge in [0.05, 0.1) is 0 Å². The molecule has 0 saturated carbocycles. The first-order valence-corrected chi connectivity index (χ1v) is 6.14. The lowest BCUT2D eigenvalue weighted by atomic mass is 10.2. The van der Waals surface area contributed by atoms with Gasteiger partial charge in [-0.1, -0.05) is 15.9 Å². The Kier molecular flexibility index (Phi) is 3.61. The number of hydrogen-bond acceptors (Lipinski definition) is 2. The maximum Gasteiger partial charge on any atom is 0.253 e. The van der Waals surface area contributed by atoms with Gasteiger partial charge in [0.15, 0.2) is 0 Å². The number of carbonyl (C=O) groups is 1. The van der Waals surface area contributed by atoms with Crippen LogP contribution in [-0.2, 0) is 9.53 Å². The maximum absolute atomic E-state index is 11.8. The van der Waals surface area contributed by atoms with Crippen LogP contribution >= 0.6 is 15.9 Å². The predicted molar refractivity (Wildman–Crippen MR) is 66.5 cm³/mol. The summed E-state index contributed by atoms with van der Waals surface area (Å²) in [6.45, 7) is 2.68. The van der Waals surface area contributed by atoms with Gasteiger partial charge in [0.25, 0.3) is 5.91 Å². The molecule has 1 aliphatic heterocycles. The number of rotatable bonds is 2. The molecule has 2 rings (SSSR count). The van der Waals surface area contributed by atoms with Gasteiger partial charge in [0, 0.05) is 16.8 Å². The van der Waals surface area contributed by atoms with E-state index in [1.807, 2.05) is 25.1 Å². The predicted octanol–water partition coefficient (Wildman–Crippen LogP) is 2.88. The zero-order valence-corrected chi connectivity index (χ0v) is 10.7. The molecule has 16 heavy (non-hydrogen) atoms. The molecular weight excluding hydrogens is 270 g/mol. The van der Waals surface area contributed by atoms with Gasteiger partial charge in [0.2, 0.25) is 0 Å². The first kappa shape index (κ1) is 11.6. The van der Waals surface area contributed by atoms with Crippen molar-refractivity contribution < 1.29 is 9.53 Å². The van der Waals surface area contributed by atoms with Crippen LogP contribution in [0.3, 0.4) is 0 Å². The molecular formula is C12H14BrNO2. The van der Waals surface area contributed by atoms with Crippen molar-refractivity contribution in [3.05, 3.63) is 28.2 Å². The Morgan fingerprint density at radius 3 is 2.94 bits per heavy atom. The van der Waals surface area contributed by atoms with Gasteiger partial charge in [-0.3, -0.25) is 4.79 Å². The standard InChI is InChI=1S/C12H14BrNO2/c1-8-5-9(13)7-10(6-8)14-12(15)11-3-2-4-16-11/h5-7,11H,2-4H2,1H3,(H,14,15). The minimum atomic E-state index is -0.278. The van der Waals surface area contributed by atoms with Gasteiger partial charge >= 0.3 is 0 Å². The highest BCUT2D eigenvalue weighted by molar-refractivity contribution is 9.10. The molecule has 1 atom stereocenters. The second-order valence-electron chi connectivity index (χ2n) is 4.01. The average molecular weight is 284 g/mol. The van der Waals surface area contributed by atoms with Gasteiger partial charge in [-0.15, -0.1) is 0 Å². The largest absolute Gasteiger partial charge is 0.368 e. The Morgan fingerprint density at radius 1 is 1.50 bits per heavy atom. The van der Waals surface area contributed by atoms with Crippen LogP contribution in [0, 0.1) is 6.92 Å². The van der Waals surface area contributed by atoms with Crippen LogP contribution in [-0.4, -0.2) is 18.6 Å². The van der Waals surface area contributed by atoms with Gasteiger partial charge < -0.3 is 10.1 Å². The van der Waals surface area contributed by atoms with E-state index in [9.17, 15) is 4.79 Å². The van der Waals surface area contributed by atoms with E-state index in [4.69, 9.17) is 4.74 Å². The van der Waals surface area contributed by atoms with Crippen LogP contribution < -0.4 is 5.32 Å². The molecule has 1 amide bonds. The zero-order chi connectivity index (χ0) is 11.5. The van der Waals surface area contributed by atoms with Crippen molar-refractivity contribution in [1.82, 2.24) is 0 Å². The topological polar surface area (TPSA) is 38.3 Å². The third kappa shape index (κ3) is 2.83. The quantitative estimate of drug-likeness (QED) is 0.906. The van der Waals surface area contributed by atoms with E-state index in [1.165, 1.54) is 0 Å². The molecule has 1 fully saturated rings. The SMILES string of the molecule is Cc1cc(Br)cc(NC(=O)C2CCCO2)c1. The summed E-state index contributed by atoms with van der Waals surface area (Å²) in [4.78, 5) is 11.8. The van der Waals surface area contributed by atoms with Crippen molar-refractivity contribution in [2.24, 2.45) is 0 Å². The Hall–Kier alpha value is -0.870. The molecule has 0 aromatic heterocycles. The number of ether oxygens (including phenoxy) is 1. The Morgan fingerprint density at radius 2 is 2.31 bits per heavy atom. The summed E-state index contributed by atoms with van der Waals surface area (Å²) < 4.78 is 6.29. The highest BCUT2D eigenvalue weighted by Crippen LogP contribution is 2.20. The monoisotopic (exact) mass is 283 g/mol. The van der Waals surface area contributed by atoms with Crippen molar-refractivity contribution in [1.29, 1.82) is 0 Å². The molecule has 0 radical (unpaired) electrons. The van der Waals surface area contributed by atoms with E-state index < -0.39 is 0 Å². The summed E-state index contributed by atoms with van der Waals surface area (Å²) in [6, 6.07) is 5.83. The van der Waals surface area contributed by atoms with Crippen molar-refractivity contribution in [2.45, 2.75) is 25.9 Å². The molecule has 86 valence electrons. The van der Waals surface area contributed by atoms with Crippen LogP contribution in [0.15, 0.2) is 22.7 Å². The number of carbonyl (C=O) groups excluding carboxylic acids is 1. The summed E-state index contributed by atoms with van der Waals surface area (Å²) in [5, 5.41) is 2.87. The summed E-state index contributed by atoms with van der Waals surface area (Å²) in [5.74, 6) is -0.0463. The lowest BCUT2D eigenvalue weighted by molar-refractivity contribution is -0.124. The van der Waals surface area contributed by atoms with Crippen LogP contribution in [0.1, 0.15) is 18.4 Å². The molecule has 0 bridgehead atoms. The van der Waals surface area contributed by atoms with Gasteiger partial charge in [0.1, 0.15) is 6.10 Å². The number of benzene rings is 1. The van der Waals surface area contributed by atoms with E-state index in [0.717, 1.165) is 28.6 Å². The van der Waals surface area contributed by atoms with Crippen molar-refractivity contribution in [3.8, 4) is 0 Å². The highest BCUT2D eigenvalue weighted by Gasteiger charge is 2.23. The van der Waals surface area contributed by atoms with Crippen LogP contribution in [0.4, 0.5) is 5.69 Å². The van der Waals surface area contributed by atoms with E-state index in [-0.39, 0.29) is 12.0 Å². The molecule has 1 aromatic carbocycles. The summed E-state index contributed by atoms with van der Waals surface area (Å²) in [7, 11) is 0. The minimum Gasteiger partial charge on any atom is -0.368 e. The van der Waals surface area contributed by atoms with Gasteiger partial charge in [-0.25, -0.2) is 0 Å². The number of aryl methyl sites for hydroxylation is 1. The van der Waals surface area contributed by atoms with Crippen LogP contribution in [0.25, 0.3) is 0 Å². The van der Waals surface area contributed by atoms with Gasteiger partial charge in [-0.2, -0.15) is 0 Å². The molecule has 1 saturated heterocycles. The molecule has 1 aliphatic rings. The van der Waals surface area contributed by atoms with E-state index in [2.05, 4.69) is 21.2 Å². The average Bonchev–Trinajstić information content (AvgIpc) is 2.68. The molecule has 4 heteroatoms. The van der Waals surface area contributed by atoms with E-state index in [0.29, 0.717) is 6.61 Å². The Bertz CT molecular complexity index is 380. The van der Waals surface area contributed by atoms with E-state index in [1.54, 1.807) is 0 Å². The number of amides is 1. The lowest BCUT2D eigenvalue weighted by Crippen LogP contribution is -2.26. The van der Waals surface area contributed by atoms with Crippen LogP contribution in [0.5, 0.6) is 0 Å².